The molecule has 2 rings (SSSR count). The van der Waals surface area contributed by atoms with E-state index in [4.69, 9.17) is 23.2 Å². The fourth-order valence-corrected chi connectivity index (χ4v) is 2.96. The van der Waals surface area contributed by atoms with Crippen molar-refractivity contribution < 1.29 is 0 Å². The first kappa shape index (κ1) is 12.4. The van der Waals surface area contributed by atoms with Crippen LogP contribution in [0.25, 0.3) is 0 Å². The zero-order chi connectivity index (χ0) is 11.7. The molecule has 2 heterocycles. The van der Waals surface area contributed by atoms with Crippen LogP contribution in [-0.2, 0) is 13.0 Å². The number of nitrogens with zero attached hydrogens (tertiary/aromatic N) is 4. The van der Waals surface area contributed by atoms with Crippen molar-refractivity contribution in [1.82, 2.24) is 18.6 Å². The molecule has 0 bridgehead atoms. The molecule has 7 heteroatoms. The molecular formula is C9H12Cl2N4S. The van der Waals surface area contributed by atoms with E-state index >= 15 is 0 Å². The normalized spacial score (nSPS) is 16.6. The van der Waals surface area contributed by atoms with Gasteiger partial charge in [0.25, 0.3) is 0 Å². The zero-order valence-corrected chi connectivity index (χ0v) is 11.4. The van der Waals surface area contributed by atoms with Crippen molar-refractivity contribution in [2.24, 2.45) is 0 Å². The molecule has 4 nitrogen and oxygen atoms in total. The van der Waals surface area contributed by atoms with Gasteiger partial charge < -0.3 is 0 Å². The highest BCUT2D eigenvalue weighted by Crippen LogP contribution is 2.28. The van der Waals surface area contributed by atoms with Crippen LogP contribution in [-0.4, -0.2) is 39.2 Å². The topological polar surface area (TPSA) is 32.3 Å². The Morgan fingerprint density at radius 1 is 1.31 bits per heavy atom. The van der Waals surface area contributed by atoms with Crippen molar-refractivity contribution in [2.45, 2.75) is 13.0 Å². The number of fused-ring (bicyclic) bond motifs is 1. The molecule has 0 aliphatic carbocycles. The van der Waals surface area contributed by atoms with Crippen LogP contribution in [0.3, 0.4) is 0 Å². The van der Waals surface area contributed by atoms with Crippen LogP contribution in [0, 0.1) is 0 Å². The SMILES string of the molecule is CN(C)SN1CCc2c(Cl)nc(Cl)nc2C1. The fourth-order valence-electron chi connectivity index (χ4n) is 1.63. The van der Waals surface area contributed by atoms with Crippen molar-refractivity contribution in [2.75, 3.05) is 20.6 Å². The summed E-state index contributed by atoms with van der Waals surface area (Å²) in [5.41, 5.74) is 1.97. The van der Waals surface area contributed by atoms with Gasteiger partial charge in [-0.2, -0.15) is 0 Å². The highest BCUT2D eigenvalue weighted by atomic mass is 35.5. The largest absolute Gasteiger partial charge is 0.243 e. The Balaban J connectivity index is 2.20. The van der Waals surface area contributed by atoms with E-state index in [0.29, 0.717) is 5.15 Å². The van der Waals surface area contributed by atoms with E-state index in [1.807, 2.05) is 14.1 Å². The number of halogens is 2. The fraction of sp³-hybridized carbons (Fsp3) is 0.556. The van der Waals surface area contributed by atoms with Crippen LogP contribution in [0.5, 0.6) is 0 Å². The minimum Gasteiger partial charge on any atom is -0.243 e. The minimum atomic E-state index is 0.223. The predicted molar refractivity (Wildman–Crippen MR) is 67.4 cm³/mol. The Hall–Kier alpha value is -0.0700. The summed E-state index contributed by atoms with van der Waals surface area (Å²) in [4.78, 5) is 8.19. The predicted octanol–water partition coefficient (Wildman–Crippen LogP) is 2.27. The van der Waals surface area contributed by atoms with Crippen molar-refractivity contribution in [3.63, 3.8) is 0 Å². The third-order valence-electron chi connectivity index (χ3n) is 2.23. The van der Waals surface area contributed by atoms with Gasteiger partial charge in [-0.05, 0) is 32.1 Å². The molecule has 1 aliphatic heterocycles. The number of rotatable bonds is 2. The second-order valence-electron chi connectivity index (χ2n) is 3.72. The summed E-state index contributed by atoms with van der Waals surface area (Å²) in [6.45, 7) is 1.70. The molecule has 1 aromatic rings. The second kappa shape index (κ2) is 5.06. The second-order valence-corrected chi connectivity index (χ2v) is 5.82. The van der Waals surface area contributed by atoms with E-state index in [2.05, 4.69) is 18.6 Å². The molecule has 1 aromatic heterocycles. The maximum absolute atomic E-state index is 6.03. The van der Waals surface area contributed by atoms with E-state index < -0.39 is 0 Å². The number of aromatic nitrogens is 2. The summed E-state index contributed by atoms with van der Waals surface area (Å²) in [5.74, 6) is 0. The molecule has 0 atom stereocenters. The molecule has 0 N–H and O–H groups in total. The summed E-state index contributed by atoms with van der Waals surface area (Å²) in [6.07, 6.45) is 0.867. The highest BCUT2D eigenvalue weighted by molar-refractivity contribution is 7.94. The van der Waals surface area contributed by atoms with Gasteiger partial charge in [0.2, 0.25) is 5.28 Å². The molecule has 0 aromatic carbocycles. The van der Waals surface area contributed by atoms with Crippen LogP contribution in [0.2, 0.25) is 10.4 Å². The molecule has 0 unspecified atom stereocenters. The average Bonchev–Trinajstić information content (AvgIpc) is 2.15. The van der Waals surface area contributed by atoms with E-state index in [-0.39, 0.29) is 5.28 Å². The first-order chi connectivity index (χ1) is 7.56. The Bertz CT molecular complexity index is 399. The van der Waals surface area contributed by atoms with Gasteiger partial charge in [-0.15, -0.1) is 0 Å². The molecule has 0 radical (unpaired) electrons. The number of hydrogen-bond donors (Lipinski definition) is 0. The van der Waals surface area contributed by atoms with Crippen LogP contribution < -0.4 is 0 Å². The van der Waals surface area contributed by atoms with Gasteiger partial charge in [0, 0.05) is 24.2 Å². The van der Waals surface area contributed by atoms with E-state index in [9.17, 15) is 0 Å². The number of hydrogen-bond acceptors (Lipinski definition) is 5. The molecule has 1 aliphatic rings. The lowest BCUT2D eigenvalue weighted by Crippen LogP contribution is -2.29. The van der Waals surface area contributed by atoms with Crippen molar-refractivity contribution in [1.29, 1.82) is 0 Å². The molecule has 0 saturated carbocycles. The molecule has 0 saturated heterocycles. The standard InChI is InChI=1S/C9H12Cl2N4S/c1-14(2)16-15-4-3-6-7(5-15)12-9(11)13-8(6)10/h3-5H2,1-2H3. The summed E-state index contributed by atoms with van der Waals surface area (Å²) in [7, 11) is 4.03. The lowest BCUT2D eigenvalue weighted by atomic mass is 10.1. The Kier molecular flexibility index (Phi) is 3.92. The van der Waals surface area contributed by atoms with Crippen LogP contribution in [0.15, 0.2) is 0 Å². The first-order valence-corrected chi connectivity index (χ1v) is 6.36. The van der Waals surface area contributed by atoms with E-state index in [1.165, 1.54) is 0 Å². The Morgan fingerprint density at radius 3 is 2.75 bits per heavy atom. The van der Waals surface area contributed by atoms with Crippen molar-refractivity contribution in [3.8, 4) is 0 Å². The molecular weight excluding hydrogens is 267 g/mol. The van der Waals surface area contributed by atoms with Gasteiger partial charge >= 0.3 is 0 Å². The lowest BCUT2D eigenvalue weighted by molar-refractivity contribution is 0.419. The zero-order valence-electron chi connectivity index (χ0n) is 9.07. The Morgan fingerprint density at radius 2 is 2.06 bits per heavy atom. The van der Waals surface area contributed by atoms with Gasteiger partial charge in [0.05, 0.1) is 12.2 Å². The third kappa shape index (κ3) is 2.78. The van der Waals surface area contributed by atoms with Crippen LogP contribution in [0.1, 0.15) is 11.3 Å². The third-order valence-corrected chi connectivity index (χ3v) is 3.58. The molecule has 0 spiro atoms. The quantitative estimate of drug-likeness (QED) is 0.471. The molecule has 88 valence electrons. The van der Waals surface area contributed by atoms with Gasteiger partial charge in [0.1, 0.15) is 5.15 Å². The van der Waals surface area contributed by atoms with Crippen molar-refractivity contribution >= 4 is 35.3 Å². The monoisotopic (exact) mass is 278 g/mol. The maximum Gasteiger partial charge on any atom is 0.224 e. The summed E-state index contributed by atoms with van der Waals surface area (Å²) in [6, 6.07) is 0. The molecule has 16 heavy (non-hydrogen) atoms. The van der Waals surface area contributed by atoms with Gasteiger partial charge in [0.15, 0.2) is 0 Å². The summed E-state index contributed by atoms with van der Waals surface area (Å²) in [5, 5.41) is 0.713. The smallest absolute Gasteiger partial charge is 0.224 e. The van der Waals surface area contributed by atoms with Gasteiger partial charge in [-0.25, -0.2) is 18.6 Å². The van der Waals surface area contributed by atoms with Crippen LogP contribution >= 0.6 is 35.3 Å². The van der Waals surface area contributed by atoms with Crippen LogP contribution in [0.4, 0.5) is 0 Å². The van der Waals surface area contributed by atoms with Crippen molar-refractivity contribution in [3.05, 3.63) is 21.7 Å². The molecule has 0 fully saturated rings. The van der Waals surface area contributed by atoms with E-state index in [1.54, 1.807) is 12.1 Å². The summed E-state index contributed by atoms with van der Waals surface area (Å²) >= 11 is 13.5. The maximum atomic E-state index is 6.03. The summed E-state index contributed by atoms with van der Waals surface area (Å²) < 4.78 is 4.28. The average molecular weight is 279 g/mol. The van der Waals surface area contributed by atoms with Gasteiger partial charge in [-0.1, -0.05) is 11.6 Å². The van der Waals surface area contributed by atoms with Gasteiger partial charge in [-0.3, -0.25) is 0 Å². The highest BCUT2D eigenvalue weighted by Gasteiger charge is 2.22. The minimum absolute atomic E-state index is 0.223. The molecule has 0 amide bonds. The lowest BCUT2D eigenvalue weighted by Gasteiger charge is -2.28. The first-order valence-electron chi connectivity index (χ1n) is 4.87. The Labute approximate surface area is 109 Å². The van der Waals surface area contributed by atoms with E-state index in [0.717, 1.165) is 30.8 Å².